The topological polar surface area (TPSA) is 72.2 Å². The lowest BCUT2D eigenvalue weighted by atomic mass is 10.0. The molecule has 5 heteroatoms. The first kappa shape index (κ1) is 15.9. The Balaban J connectivity index is 2.07. The zero-order valence-corrected chi connectivity index (χ0v) is 13.4. The highest BCUT2D eigenvalue weighted by Crippen LogP contribution is 2.17. The molecule has 1 aromatic heterocycles. The summed E-state index contributed by atoms with van der Waals surface area (Å²) in [4.78, 5) is 23.3. The fraction of sp³-hybridized carbons (Fsp3) is 0.211. The van der Waals surface area contributed by atoms with Gasteiger partial charge in [0.2, 0.25) is 0 Å². The van der Waals surface area contributed by atoms with Crippen LogP contribution in [0, 0.1) is 6.92 Å². The van der Waals surface area contributed by atoms with Crippen molar-refractivity contribution in [1.29, 1.82) is 0 Å². The summed E-state index contributed by atoms with van der Waals surface area (Å²) in [5.74, 6) is -0.947. The molecule has 24 heavy (non-hydrogen) atoms. The molecule has 0 aliphatic rings. The first-order valence-corrected chi connectivity index (χ1v) is 7.80. The molecule has 1 N–H and O–H groups in total. The van der Waals surface area contributed by atoms with Crippen LogP contribution in [0.4, 0.5) is 0 Å². The van der Waals surface area contributed by atoms with Gasteiger partial charge in [-0.15, -0.1) is 0 Å². The summed E-state index contributed by atoms with van der Waals surface area (Å²) in [6, 6.07) is 15.5. The summed E-state index contributed by atoms with van der Waals surface area (Å²) < 4.78 is 1.26. The number of carboxylic acids is 1. The number of carboxylic acid groups (broad SMARTS) is 1. The third-order valence-electron chi connectivity index (χ3n) is 3.97. The van der Waals surface area contributed by atoms with Crippen molar-refractivity contribution >= 4 is 16.7 Å². The van der Waals surface area contributed by atoms with Gasteiger partial charge in [0.25, 0.3) is 5.56 Å². The number of carbonyl (C=O) groups is 1. The minimum atomic E-state index is -0.947. The maximum Gasteiger partial charge on any atom is 0.305 e. The number of aryl methyl sites for hydroxylation is 2. The number of aromatic nitrogens is 2. The Kier molecular flexibility index (Phi) is 4.42. The Morgan fingerprint density at radius 2 is 1.75 bits per heavy atom. The molecule has 0 unspecified atom stereocenters. The molecule has 0 bridgehead atoms. The summed E-state index contributed by atoms with van der Waals surface area (Å²) in [5.41, 5.74) is 2.81. The minimum absolute atomic E-state index is 0.0693. The molecule has 0 amide bonds. The van der Waals surface area contributed by atoms with Crippen molar-refractivity contribution in [2.24, 2.45) is 0 Å². The molecule has 1 heterocycles. The highest BCUT2D eigenvalue weighted by Gasteiger charge is 2.11. The van der Waals surface area contributed by atoms with E-state index in [4.69, 9.17) is 5.11 Å². The molecular weight excluding hydrogens is 304 g/mol. The van der Waals surface area contributed by atoms with Gasteiger partial charge in [0.15, 0.2) is 0 Å². The van der Waals surface area contributed by atoms with E-state index in [-0.39, 0.29) is 18.5 Å². The monoisotopic (exact) mass is 322 g/mol. The standard InChI is InChI=1S/C19H18N2O3/c1-13-6-8-14(9-7-13)12-17-15-4-2-3-5-16(15)19(24)21(20-17)11-10-18(22)23/h2-9H,10-12H2,1H3,(H,22,23). The molecule has 5 nitrogen and oxygen atoms in total. The third-order valence-corrected chi connectivity index (χ3v) is 3.97. The van der Waals surface area contributed by atoms with Crippen LogP contribution in [0.15, 0.2) is 53.3 Å². The molecular formula is C19H18N2O3. The van der Waals surface area contributed by atoms with E-state index in [2.05, 4.69) is 5.10 Å². The quantitative estimate of drug-likeness (QED) is 0.784. The first-order chi connectivity index (χ1) is 11.5. The van der Waals surface area contributed by atoms with Gasteiger partial charge in [0.1, 0.15) is 0 Å². The molecule has 0 radical (unpaired) electrons. The summed E-state index contributed by atoms with van der Waals surface area (Å²) in [7, 11) is 0. The van der Waals surface area contributed by atoms with Crippen LogP contribution >= 0.6 is 0 Å². The molecule has 0 fully saturated rings. The molecule has 0 atom stereocenters. The number of aliphatic carboxylic acids is 1. The molecule has 0 saturated carbocycles. The minimum Gasteiger partial charge on any atom is -0.481 e. The van der Waals surface area contributed by atoms with Crippen LogP contribution in [-0.2, 0) is 17.8 Å². The molecule has 0 aliphatic heterocycles. The smallest absolute Gasteiger partial charge is 0.305 e. The Labute approximate surface area is 139 Å². The van der Waals surface area contributed by atoms with Crippen molar-refractivity contribution in [3.8, 4) is 0 Å². The summed E-state index contributed by atoms with van der Waals surface area (Å²) >= 11 is 0. The van der Waals surface area contributed by atoms with E-state index >= 15 is 0 Å². The van der Waals surface area contributed by atoms with Gasteiger partial charge in [-0.2, -0.15) is 5.10 Å². The first-order valence-electron chi connectivity index (χ1n) is 7.80. The summed E-state index contributed by atoms with van der Waals surface area (Å²) in [5, 5.41) is 14.7. The lowest BCUT2D eigenvalue weighted by Crippen LogP contribution is -2.26. The largest absolute Gasteiger partial charge is 0.481 e. The van der Waals surface area contributed by atoms with Crippen LogP contribution in [0.1, 0.15) is 23.2 Å². The summed E-state index contributed by atoms with van der Waals surface area (Å²) in [6.45, 7) is 2.10. The van der Waals surface area contributed by atoms with E-state index in [1.54, 1.807) is 12.1 Å². The van der Waals surface area contributed by atoms with Crippen LogP contribution in [0.3, 0.4) is 0 Å². The second kappa shape index (κ2) is 6.66. The molecule has 2 aromatic carbocycles. The predicted molar refractivity (Wildman–Crippen MR) is 92.2 cm³/mol. The fourth-order valence-electron chi connectivity index (χ4n) is 2.69. The molecule has 3 aromatic rings. The van der Waals surface area contributed by atoms with E-state index in [0.29, 0.717) is 11.8 Å². The zero-order valence-electron chi connectivity index (χ0n) is 13.4. The van der Waals surface area contributed by atoms with Gasteiger partial charge in [-0.3, -0.25) is 9.59 Å². The van der Waals surface area contributed by atoms with Crippen LogP contribution in [0.5, 0.6) is 0 Å². The van der Waals surface area contributed by atoms with Crippen molar-refractivity contribution in [2.75, 3.05) is 0 Å². The second-order valence-corrected chi connectivity index (χ2v) is 5.83. The average molecular weight is 322 g/mol. The van der Waals surface area contributed by atoms with Gasteiger partial charge < -0.3 is 5.11 Å². The second-order valence-electron chi connectivity index (χ2n) is 5.83. The van der Waals surface area contributed by atoms with E-state index in [1.807, 2.05) is 43.3 Å². The van der Waals surface area contributed by atoms with Crippen LogP contribution in [0.2, 0.25) is 0 Å². The van der Waals surface area contributed by atoms with E-state index < -0.39 is 5.97 Å². The maximum absolute atomic E-state index is 12.5. The zero-order chi connectivity index (χ0) is 17.1. The van der Waals surface area contributed by atoms with Crippen molar-refractivity contribution in [1.82, 2.24) is 9.78 Å². The Hall–Kier alpha value is -2.95. The van der Waals surface area contributed by atoms with Gasteiger partial charge in [-0.1, -0.05) is 48.0 Å². The predicted octanol–water partition coefficient (Wildman–Crippen LogP) is 2.77. The summed E-state index contributed by atoms with van der Waals surface area (Å²) in [6.07, 6.45) is 0.462. The Bertz CT molecular complexity index is 943. The van der Waals surface area contributed by atoms with Gasteiger partial charge in [-0.05, 0) is 18.6 Å². The lowest BCUT2D eigenvalue weighted by molar-refractivity contribution is -0.137. The van der Waals surface area contributed by atoms with Crippen molar-refractivity contribution in [2.45, 2.75) is 26.3 Å². The highest BCUT2D eigenvalue weighted by atomic mass is 16.4. The number of benzene rings is 2. The Morgan fingerprint density at radius 3 is 2.42 bits per heavy atom. The van der Waals surface area contributed by atoms with Crippen LogP contribution in [-0.4, -0.2) is 20.9 Å². The van der Waals surface area contributed by atoms with Gasteiger partial charge in [0.05, 0.1) is 24.0 Å². The number of hydrogen-bond donors (Lipinski definition) is 1. The van der Waals surface area contributed by atoms with Crippen molar-refractivity contribution in [3.63, 3.8) is 0 Å². The lowest BCUT2D eigenvalue weighted by Gasteiger charge is -2.10. The maximum atomic E-state index is 12.5. The fourth-order valence-corrected chi connectivity index (χ4v) is 2.69. The SMILES string of the molecule is Cc1ccc(Cc2nn(CCC(=O)O)c(=O)c3ccccc23)cc1. The molecule has 3 rings (SSSR count). The average Bonchev–Trinajstić information content (AvgIpc) is 2.58. The number of rotatable bonds is 5. The third kappa shape index (κ3) is 3.35. The molecule has 0 saturated heterocycles. The molecule has 122 valence electrons. The van der Waals surface area contributed by atoms with Crippen molar-refractivity contribution in [3.05, 3.63) is 75.7 Å². The Morgan fingerprint density at radius 1 is 1.08 bits per heavy atom. The number of hydrogen-bond acceptors (Lipinski definition) is 3. The van der Waals surface area contributed by atoms with Crippen LogP contribution < -0.4 is 5.56 Å². The normalized spacial score (nSPS) is 10.9. The van der Waals surface area contributed by atoms with Gasteiger partial charge >= 0.3 is 5.97 Å². The van der Waals surface area contributed by atoms with E-state index in [1.165, 1.54) is 10.2 Å². The number of fused-ring (bicyclic) bond motifs is 1. The molecule has 0 spiro atoms. The van der Waals surface area contributed by atoms with Crippen molar-refractivity contribution < 1.29 is 9.90 Å². The highest BCUT2D eigenvalue weighted by molar-refractivity contribution is 5.83. The van der Waals surface area contributed by atoms with Gasteiger partial charge in [0, 0.05) is 11.8 Å². The van der Waals surface area contributed by atoms with E-state index in [9.17, 15) is 9.59 Å². The number of nitrogens with zero attached hydrogens (tertiary/aromatic N) is 2. The molecule has 0 aliphatic carbocycles. The van der Waals surface area contributed by atoms with E-state index in [0.717, 1.165) is 16.6 Å². The van der Waals surface area contributed by atoms with Crippen LogP contribution in [0.25, 0.3) is 10.8 Å². The van der Waals surface area contributed by atoms with Gasteiger partial charge in [-0.25, -0.2) is 4.68 Å².